The number of ether oxygens (including phenoxy) is 1. The average molecular weight is 497 g/mol. The molecule has 5 heteroatoms. The first kappa shape index (κ1) is 22.4. The fraction of sp³-hybridized carbons (Fsp3) is 0.121. The molecule has 38 heavy (non-hydrogen) atoms. The van der Waals surface area contributed by atoms with E-state index in [4.69, 9.17) is 4.74 Å². The molecule has 0 saturated heterocycles. The molecule has 5 nitrogen and oxygen atoms in total. The van der Waals surface area contributed by atoms with Crippen LogP contribution in [0.2, 0.25) is 0 Å². The Balaban J connectivity index is 1.27. The third-order valence-corrected chi connectivity index (χ3v) is 7.27. The molecule has 2 aliphatic rings. The topological polar surface area (TPSA) is 33.5 Å². The zero-order valence-electron chi connectivity index (χ0n) is 21.4. The number of hydrogen-bond acceptors (Lipinski definition) is 4. The van der Waals surface area contributed by atoms with Crippen LogP contribution in [0.15, 0.2) is 122 Å². The molecule has 0 N–H and O–H groups in total. The van der Waals surface area contributed by atoms with E-state index in [1.54, 1.807) is 0 Å². The van der Waals surface area contributed by atoms with Gasteiger partial charge in [0.2, 0.25) is 0 Å². The fourth-order valence-electron chi connectivity index (χ4n) is 5.52. The van der Waals surface area contributed by atoms with Crippen molar-refractivity contribution in [2.45, 2.75) is 26.1 Å². The number of para-hydroxylation sites is 1. The van der Waals surface area contributed by atoms with Gasteiger partial charge < -0.3 is 14.5 Å². The summed E-state index contributed by atoms with van der Waals surface area (Å²) in [5.74, 6) is 2.48. The zero-order valence-corrected chi connectivity index (χ0v) is 21.4. The largest absolute Gasteiger partial charge is 0.457 e. The van der Waals surface area contributed by atoms with Crippen LogP contribution in [0.5, 0.6) is 11.5 Å². The van der Waals surface area contributed by atoms with E-state index >= 15 is 0 Å². The number of fused-ring (bicyclic) bond motifs is 4. The van der Waals surface area contributed by atoms with Crippen LogP contribution in [-0.4, -0.2) is 31.6 Å². The summed E-state index contributed by atoms with van der Waals surface area (Å²) in [7, 11) is 0. The number of rotatable bonds is 5. The summed E-state index contributed by atoms with van der Waals surface area (Å²) < 4.78 is 8.66. The zero-order chi connectivity index (χ0) is 25.6. The van der Waals surface area contributed by atoms with Crippen molar-refractivity contribution in [3.63, 3.8) is 0 Å². The minimum Gasteiger partial charge on any atom is -0.457 e. The second kappa shape index (κ2) is 8.96. The fourth-order valence-corrected chi connectivity index (χ4v) is 5.52. The van der Waals surface area contributed by atoms with Crippen molar-refractivity contribution in [1.29, 1.82) is 0 Å². The Morgan fingerprint density at radius 3 is 2.50 bits per heavy atom. The van der Waals surface area contributed by atoms with E-state index in [9.17, 15) is 0 Å². The molecule has 186 valence electrons. The number of aromatic nitrogens is 2. The lowest BCUT2D eigenvalue weighted by Crippen LogP contribution is -2.39. The maximum absolute atomic E-state index is 6.46. The number of allylic oxidation sites excluding steroid dienone is 2. The van der Waals surface area contributed by atoms with E-state index < -0.39 is 0 Å². The van der Waals surface area contributed by atoms with Crippen LogP contribution in [0.4, 0.5) is 0 Å². The lowest BCUT2D eigenvalue weighted by atomic mass is 10.1. The molecule has 7 rings (SSSR count). The third kappa shape index (κ3) is 3.67. The van der Waals surface area contributed by atoms with Crippen LogP contribution in [0, 0.1) is 0 Å². The Hall–Kier alpha value is -4.77. The highest BCUT2D eigenvalue weighted by atomic mass is 16.5. The first-order valence-electron chi connectivity index (χ1n) is 13.0. The van der Waals surface area contributed by atoms with Gasteiger partial charge in [-0.05, 0) is 68.5 Å². The summed E-state index contributed by atoms with van der Waals surface area (Å²) >= 11 is 0. The van der Waals surface area contributed by atoms with Gasteiger partial charge in [0.1, 0.15) is 23.5 Å². The van der Waals surface area contributed by atoms with Gasteiger partial charge in [0.15, 0.2) is 0 Å². The van der Waals surface area contributed by atoms with Crippen molar-refractivity contribution in [3.8, 4) is 17.3 Å². The van der Waals surface area contributed by atoms with E-state index in [2.05, 4.69) is 118 Å². The van der Waals surface area contributed by atoms with Gasteiger partial charge >= 0.3 is 0 Å². The minimum absolute atomic E-state index is 0.204. The molecule has 2 aromatic heterocycles. The van der Waals surface area contributed by atoms with Crippen molar-refractivity contribution >= 4 is 27.5 Å². The number of pyridine rings is 1. The Labute approximate surface area is 222 Å². The van der Waals surface area contributed by atoms with Gasteiger partial charge in [-0.15, -0.1) is 0 Å². The van der Waals surface area contributed by atoms with Crippen LogP contribution in [-0.2, 0) is 0 Å². The van der Waals surface area contributed by atoms with Crippen molar-refractivity contribution in [2.24, 2.45) is 0 Å². The SMILES string of the molecule is CC(C)N1C=C(c2cccc(Oc3ccc4c5ccccc5n(-c5ccccn5)c4c3)c2)N2C=CC=CC21. The number of nitrogens with zero attached hydrogens (tertiary/aromatic N) is 4. The van der Waals surface area contributed by atoms with E-state index in [1.807, 2.05) is 36.5 Å². The van der Waals surface area contributed by atoms with Crippen molar-refractivity contribution < 1.29 is 4.74 Å². The Kier molecular flexibility index (Phi) is 5.29. The number of hydrogen-bond donors (Lipinski definition) is 0. The number of benzene rings is 3. The van der Waals surface area contributed by atoms with Gasteiger partial charge in [-0.3, -0.25) is 4.57 Å². The average Bonchev–Trinajstić information content (AvgIpc) is 3.50. The lowest BCUT2D eigenvalue weighted by molar-refractivity contribution is 0.203. The molecular formula is C33H28N4O. The van der Waals surface area contributed by atoms with Crippen molar-refractivity contribution in [3.05, 3.63) is 127 Å². The molecule has 0 aliphatic carbocycles. The highest BCUT2D eigenvalue weighted by Gasteiger charge is 2.32. The molecule has 3 aromatic carbocycles. The molecule has 4 heterocycles. The summed E-state index contributed by atoms with van der Waals surface area (Å²) in [5.41, 5.74) is 4.49. The smallest absolute Gasteiger partial charge is 0.137 e. The first-order valence-corrected chi connectivity index (χ1v) is 13.0. The first-order chi connectivity index (χ1) is 18.7. The maximum atomic E-state index is 6.46. The highest BCUT2D eigenvalue weighted by Crippen LogP contribution is 2.37. The molecule has 0 bridgehead atoms. The normalized spacial score (nSPS) is 16.5. The van der Waals surface area contributed by atoms with Crippen LogP contribution in [0.3, 0.4) is 0 Å². The quantitative estimate of drug-likeness (QED) is 0.250. The standard InChI is InChI=1S/C33H28N4O/c1-23(2)36-22-31(35-19-8-6-15-33(35)36)24-10-9-11-25(20-24)38-26-16-17-28-27-12-3-4-13-29(27)37(30(28)21-26)32-14-5-7-18-34-32/h3-23,33H,1-2H3. The Bertz CT molecular complexity index is 1750. The summed E-state index contributed by atoms with van der Waals surface area (Å²) in [6.45, 7) is 4.45. The predicted octanol–water partition coefficient (Wildman–Crippen LogP) is 7.71. The Morgan fingerprint density at radius 2 is 1.63 bits per heavy atom. The third-order valence-electron chi connectivity index (χ3n) is 7.27. The van der Waals surface area contributed by atoms with Crippen LogP contribution in [0.25, 0.3) is 33.3 Å². The van der Waals surface area contributed by atoms with Gasteiger partial charge in [0.05, 0.1) is 16.7 Å². The van der Waals surface area contributed by atoms with Gasteiger partial charge in [0, 0.05) is 47.0 Å². The lowest BCUT2D eigenvalue weighted by Gasteiger charge is -2.33. The van der Waals surface area contributed by atoms with E-state index in [-0.39, 0.29) is 6.17 Å². The van der Waals surface area contributed by atoms with Gasteiger partial charge in [0.25, 0.3) is 0 Å². The summed E-state index contributed by atoms with van der Waals surface area (Å²) in [6, 6.07) is 29.5. The molecule has 1 unspecified atom stereocenters. The molecule has 0 spiro atoms. The summed E-state index contributed by atoms with van der Waals surface area (Å²) in [6.07, 6.45) is 12.9. The molecular weight excluding hydrogens is 468 g/mol. The van der Waals surface area contributed by atoms with Gasteiger partial charge in [-0.2, -0.15) is 0 Å². The van der Waals surface area contributed by atoms with Crippen LogP contribution >= 0.6 is 0 Å². The van der Waals surface area contributed by atoms with E-state index in [0.29, 0.717) is 6.04 Å². The minimum atomic E-state index is 0.204. The molecule has 2 aliphatic heterocycles. The Morgan fingerprint density at radius 1 is 0.789 bits per heavy atom. The van der Waals surface area contributed by atoms with E-state index in [0.717, 1.165) is 33.9 Å². The summed E-state index contributed by atoms with van der Waals surface area (Å²) in [4.78, 5) is 9.34. The van der Waals surface area contributed by atoms with Gasteiger partial charge in [-0.25, -0.2) is 4.98 Å². The van der Waals surface area contributed by atoms with Crippen molar-refractivity contribution in [1.82, 2.24) is 19.4 Å². The molecule has 0 fully saturated rings. The van der Waals surface area contributed by atoms with E-state index in [1.165, 1.54) is 16.5 Å². The predicted molar refractivity (Wildman–Crippen MR) is 154 cm³/mol. The van der Waals surface area contributed by atoms with Crippen molar-refractivity contribution in [2.75, 3.05) is 0 Å². The molecule has 0 saturated carbocycles. The highest BCUT2D eigenvalue weighted by molar-refractivity contribution is 6.09. The maximum Gasteiger partial charge on any atom is 0.137 e. The molecule has 0 radical (unpaired) electrons. The molecule has 0 amide bonds. The molecule has 1 atom stereocenters. The van der Waals surface area contributed by atoms with Crippen LogP contribution < -0.4 is 4.74 Å². The monoisotopic (exact) mass is 496 g/mol. The molecule has 5 aromatic rings. The summed E-state index contributed by atoms with van der Waals surface area (Å²) in [5, 5.41) is 2.37. The van der Waals surface area contributed by atoms with Gasteiger partial charge in [-0.1, -0.05) is 42.5 Å². The van der Waals surface area contributed by atoms with Crippen LogP contribution in [0.1, 0.15) is 19.4 Å². The second-order valence-electron chi connectivity index (χ2n) is 9.95. The second-order valence-corrected chi connectivity index (χ2v) is 9.95.